The molecule has 1 aliphatic rings. The molecule has 0 bridgehead atoms. The van der Waals surface area contributed by atoms with Crippen LogP contribution in [0.5, 0.6) is 0 Å². The van der Waals surface area contributed by atoms with Crippen molar-refractivity contribution >= 4 is 10.0 Å². The van der Waals surface area contributed by atoms with E-state index in [4.69, 9.17) is 0 Å². The maximum absolute atomic E-state index is 12.2. The van der Waals surface area contributed by atoms with Crippen molar-refractivity contribution < 1.29 is 13.5 Å². The van der Waals surface area contributed by atoms with Crippen molar-refractivity contribution in [3.8, 4) is 0 Å². The first kappa shape index (κ1) is 15.9. The van der Waals surface area contributed by atoms with Gasteiger partial charge in [0.15, 0.2) is 0 Å². The molecular weight excluding hydrogens is 250 g/mol. The third-order valence-electron chi connectivity index (χ3n) is 4.19. The second-order valence-corrected chi connectivity index (χ2v) is 7.62. The van der Waals surface area contributed by atoms with Crippen LogP contribution in [-0.4, -0.2) is 43.3 Å². The van der Waals surface area contributed by atoms with Crippen LogP contribution in [0.1, 0.15) is 46.0 Å². The standard InChI is InChI=1S/C13H27NO3S/c1-4-11(5-2)10-18(16,17)14(3)9-12-7-6-8-13(12)15/h11-13,15H,4-10H2,1-3H3. The highest BCUT2D eigenvalue weighted by atomic mass is 32.2. The van der Waals surface area contributed by atoms with Gasteiger partial charge in [0.1, 0.15) is 0 Å². The molecule has 0 aliphatic heterocycles. The van der Waals surface area contributed by atoms with Crippen molar-refractivity contribution in [1.29, 1.82) is 0 Å². The Kier molecular flexibility index (Phi) is 6.08. The van der Waals surface area contributed by atoms with E-state index in [1.165, 1.54) is 4.31 Å². The van der Waals surface area contributed by atoms with E-state index in [0.29, 0.717) is 6.54 Å². The molecule has 1 fully saturated rings. The minimum absolute atomic E-state index is 0.117. The quantitative estimate of drug-likeness (QED) is 0.772. The maximum Gasteiger partial charge on any atom is 0.214 e. The average Bonchev–Trinajstić information content (AvgIpc) is 2.72. The number of sulfonamides is 1. The first-order valence-electron chi connectivity index (χ1n) is 7.02. The van der Waals surface area contributed by atoms with Gasteiger partial charge in [-0.15, -0.1) is 0 Å². The first-order valence-corrected chi connectivity index (χ1v) is 8.63. The fourth-order valence-corrected chi connectivity index (χ4v) is 4.36. The van der Waals surface area contributed by atoms with Gasteiger partial charge in [0, 0.05) is 13.6 Å². The lowest BCUT2D eigenvalue weighted by atomic mass is 10.1. The molecule has 0 radical (unpaired) electrons. The molecular formula is C13H27NO3S. The Morgan fingerprint density at radius 2 is 1.89 bits per heavy atom. The van der Waals surface area contributed by atoms with Crippen LogP contribution in [0, 0.1) is 11.8 Å². The first-order chi connectivity index (χ1) is 8.40. The lowest BCUT2D eigenvalue weighted by Gasteiger charge is -2.24. The molecule has 0 amide bonds. The third kappa shape index (κ3) is 4.21. The zero-order valence-electron chi connectivity index (χ0n) is 11.8. The zero-order valence-corrected chi connectivity index (χ0v) is 12.6. The molecule has 0 heterocycles. The zero-order chi connectivity index (χ0) is 13.8. The summed E-state index contributed by atoms with van der Waals surface area (Å²) in [6.45, 7) is 4.53. The van der Waals surface area contributed by atoms with Gasteiger partial charge in [-0.3, -0.25) is 0 Å². The Balaban J connectivity index is 2.55. The molecule has 2 atom stereocenters. The Hall–Kier alpha value is -0.130. The molecule has 0 aromatic rings. The van der Waals surface area contributed by atoms with E-state index in [2.05, 4.69) is 0 Å². The highest BCUT2D eigenvalue weighted by molar-refractivity contribution is 7.89. The monoisotopic (exact) mass is 277 g/mol. The van der Waals surface area contributed by atoms with Gasteiger partial charge in [0.05, 0.1) is 11.9 Å². The molecule has 0 spiro atoms. The number of aliphatic hydroxyl groups is 1. The van der Waals surface area contributed by atoms with Gasteiger partial charge in [0.2, 0.25) is 10.0 Å². The van der Waals surface area contributed by atoms with E-state index in [-0.39, 0.29) is 23.7 Å². The van der Waals surface area contributed by atoms with E-state index in [1.807, 2.05) is 13.8 Å². The summed E-state index contributed by atoms with van der Waals surface area (Å²) in [5.41, 5.74) is 0. The SMILES string of the molecule is CCC(CC)CS(=O)(=O)N(C)CC1CCCC1O. The molecule has 108 valence electrons. The van der Waals surface area contributed by atoms with Crippen LogP contribution in [0.15, 0.2) is 0 Å². The minimum Gasteiger partial charge on any atom is -0.393 e. The lowest BCUT2D eigenvalue weighted by Crippen LogP contribution is -2.37. The largest absolute Gasteiger partial charge is 0.393 e. The third-order valence-corrected chi connectivity index (χ3v) is 6.18. The Labute approximate surface area is 111 Å². The second kappa shape index (κ2) is 6.87. The van der Waals surface area contributed by atoms with Crippen LogP contribution in [0.25, 0.3) is 0 Å². The smallest absolute Gasteiger partial charge is 0.214 e. The number of hydrogen-bond acceptors (Lipinski definition) is 3. The van der Waals surface area contributed by atoms with Gasteiger partial charge < -0.3 is 5.11 Å². The molecule has 18 heavy (non-hydrogen) atoms. The molecule has 1 N–H and O–H groups in total. The normalized spacial score (nSPS) is 25.2. The van der Waals surface area contributed by atoms with E-state index in [1.54, 1.807) is 7.05 Å². The highest BCUT2D eigenvalue weighted by Gasteiger charge is 2.30. The van der Waals surface area contributed by atoms with Crippen molar-refractivity contribution in [1.82, 2.24) is 4.31 Å². The summed E-state index contributed by atoms with van der Waals surface area (Å²) in [5.74, 6) is 0.594. The molecule has 1 rings (SSSR count). The van der Waals surface area contributed by atoms with Crippen molar-refractivity contribution in [2.75, 3.05) is 19.3 Å². The predicted molar refractivity (Wildman–Crippen MR) is 73.8 cm³/mol. The van der Waals surface area contributed by atoms with Crippen LogP contribution in [0.3, 0.4) is 0 Å². The summed E-state index contributed by atoms with van der Waals surface area (Å²) in [7, 11) is -1.53. The molecule has 0 saturated heterocycles. The number of aliphatic hydroxyl groups excluding tert-OH is 1. The van der Waals surface area contributed by atoms with Gasteiger partial charge in [-0.2, -0.15) is 0 Å². The van der Waals surface area contributed by atoms with Gasteiger partial charge in [-0.1, -0.05) is 33.1 Å². The number of hydrogen-bond donors (Lipinski definition) is 1. The number of nitrogens with zero attached hydrogens (tertiary/aromatic N) is 1. The van der Waals surface area contributed by atoms with Crippen LogP contribution < -0.4 is 0 Å². The van der Waals surface area contributed by atoms with Gasteiger partial charge in [-0.05, 0) is 24.7 Å². The molecule has 1 aliphatic carbocycles. The van der Waals surface area contributed by atoms with Crippen molar-refractivity contribution in [2.24, 2.45) is 11.8 Å². The van der Waals surface area contributed by atoms with E-state index in [0.717, 1.165) is 32.1 Å². The summed E-state index contributed by atoms with van der Waals surface area (Å²) in [5, 5.41) is 9.76. The minimum atomic E-state index is -3.17. The van der Waals surface area contributed by atoms with E-state index in [9.17, 15) is 13.5 Å². The summed E-state index contributed by atoms with van der Waals surface area (Å²) < 4.78 is 25.8. The summed E-state index contributed by atoms with van der Waals surface area (Å²) in [6, 6.07) is 0. The maximum atomic E-state index is 12.2. The summed E-state index contributed by atoms with van der Waals surface area (Å²) in [6.07, 6.45) is 4.23. The van der Waals surface area contributed by atoms with E-state index >= 15 is 0 Å². The summed E-state index contributed by atoms with van der Waals surface area (Å²) in [4.78, 5) is 0. The van der Waals surface area contributed by atoms with Crippen molar-refractivity contribution in [3.05, 3.63) is 0 Å². The average molecular weight is 277 g/mol. The molecule has 0 aromatic heterocycles. The van der Waals surface area contributed by atoms with Crippen LogP contribution in [0.2, 0.25) is 0 Å². The molecule has 5 heteroatoms. The molecule has 1 saturated carbocycles. The van der Waals surface area contributed by atoms with Crippen LogP contribution in [-0.2, 0) is 10.0 Å². The fraction of sp³-hybridized carbons (Fsp3) is 1.00. The van der Waals surface area contributed by atoms with Gasteiger partial charge in [-0.25, -0.2) is 12.7 Å². The molecule has 0 aromatic carbocycles. The second-order valence-electron chi connectivity index (χ2n) is 5.50. The molecule has 2 unspecified atom stereocenters. The highest BCUT2D eigenvalue weighted by Crippen LogP contribution is 2.27. The Bertz CT molecular complexity index is 338. The lowest BCUT2D eigenvalue weighted by molar-refractivity contribution is 0.123. The Morgan fingerprint density at radius 3 is 2.33 bits per heavy atom. The topological polar surface area (TPSA) is 57.6 Å². The predicted octanol–water partition coefficient (Wildman–Crippen LogP) is 1.85. The van der Waals surface area contributed by atoms with Crippen LogP contribution in [0.4, 0.5) is 0 Å². The fourth-order valence-electron chi connectivity index (χ4n) is 2.62. The Morgan fingerprint density at radius 1 is 1.28 bits per heavy atom. The summed E-state index contributed by atoms with van der Waals surface area (Å²) >= 11 is 0. The van der Waals surface area contributed by atoms with Crippen molar-refractivity contribution in [3.63, 3.8) is 0 Å². The van der Waals surface area contributed by atoms with Gasteiger partial charge in [0.25, 0.3) is 0 Å². The molecule has 4 nitrogen and oxygen atoms in total. The van der Waals surface area contributed by atoms with E-state index < -0.39 is 10.0 Å². The van der Waals surface area contributed by atoms with Gasteiger partial charge >= 0.3 is 0 Å². The van der Waals surface area contributed by atoms with Crippen molar-refractivity contribution in [2.45, 2.75) is 52.1 Å². The number of rotatable bonds is 7. The van der Waals surface area contributed by atoms with Crippen LogP contribution >= 0.6 is 0 Å².